The number of amides is 2. The maximum Gasteiger partial charge on any atom is 0.242 e. The highest BCUT2D eigenvalue weighted by atomic mass is 35.5. The van der Waals surface area contributed by atoms with Gasteiger partial charge in [-0.05, 0) is 35.4 Å². The molecule has 0 bridgehead atoms. The molecule has 3 aromatic rings. The highest BCUT2D eigenvalue weighted by Gasteiger charge is 2.30. The van der Waals surface area contributed by atoms with Gasteiger partial charge in [-0.3, -0.25) is 9.59 Å². The van der Waals surface area contributed by atoms with Crippen LogP contribution in [0.15, 0.2) is 72.8 Å². The fourth-order valence-electron chi connectivity index (χ4n) is 3.46. The van der Waals surface area contributed by atoms with Gasteiger partial charge in [0.1, 0.15) is 17.7 Å². The zero-order valence-electron chi connectivity index (χ0n) is 17.5. The van der Waals surface area contributed by atoms with Gasteiger partial charge in [-0.2, -0.15) is 0 Å². The molecule has 3 rings (SSSR count). The monoisotopic (exact) mass is 456 g/mol. The van der Waals surface area contributed by atoms with Crippen LogP contribution in [-0.4, -0.2) is 29.8 Å². The lowest BCUT2D eigenvalue weighted by Crippen LogP contribution is -2.50. The molecule has 1 atom stereocenters. The molecule has 1 N–H and O–H groups in total. The Morgan fingerprint density at radius 2 is 1.62 bits per heavy atom. The summed E-state index contributed by atoms with van der Waals surface area (Å²) in [5.74, 6) is -1.82. The van der Waals surface area contributed by atoms with Crippen molar-refractivity contribution >= 4 is 23.4 Å². The molecule has 0 aliphatic rings. The molecule has 7 heteroatoms. The van der Waals surface area contributed by atoms with E-state index in [0.29, 0.717) is 5.56 Å². The number of nitrogens with one attached hydrogen (secondary N) is 1. The van der Waals surface area contributed by atoms with Gasteiger partial charge in [0.05, 0.1) is 6.42 Å². The normalized spacial score (nSPS) is 11.6. The molecule has 0 radical (unpaired) electrons. The molecule has 0 spiro atoms. The second kappa shape index (κ2) is 10.9. The van der Waals surface area contributed by atoms with Crippen LogP contribution in [0.3, 0.4) is 0 Å². The van der Waals surface area contributed by atoms with E-state index in [1.807, 2.05) is 30.3 Å². The van der Waals surface area contributed by atoms with E-state index in [9.17, 15) is 18.4 Å². The van der Waals surface area contributed by atoms with Crippen molar-refractivity contribution in [2.45, 2.75) is 25.4 Å². The number of likely N-dealkylation sites (N-methyl/N-ethyl adjacent to an activating group) is 1. The molecule has 0 aliphatic heterocycles. The van der Waals surface area contributed by atoms with Crippen LogP contribution in [0, 0.1) is 11.6 Å². The first kappa shape index (κ1) is 23.4. The molecule has 3 aromatic carbocycles. The molecule has 2 amide bonds. The molecule has 0 aliphatic carbocycles. The first-order valence-corrected chi connectivity index (χ1v) is 10.5. The van der Waals surface area contributed by atoms with Crippen molar-refractivity contribution in [1.82, 2.24) is 10.2 Å². The molecule has 0 aromatic heterocycles. The second-order valence-electron chi connectivity index (χ2n) is 7.34. The summed E-state index contributed by atoms with van der Waals surface area (Å²) in [5.41, 5.74) is 1.57. The molecule has 0 fully saturated rings. The van der Waals surface area contributed by atoms with Crippen LogP contribution < -0.4 is 5.32 Å². The molecular formula is C25H23ClF2N2O2. The number of hydrogen-bond donors (Lipinski definition) is 1. The van der Waals surface area contributed by atoms with Crippen molar-refractivity contribution in [3.8, 4) is 0 Å². The summed E-state index contributed by atoms with van der Waals surface area (Å²) in [6.45, 7) is 0.0517. The predicted octanol–water partition coefficient (Wildman–Crippen LogP) is 4.55. The highest BCUT2D eigenvalue weighted by Crippen LogP contribution is 2.22. The smallest absolute Gasteiger partial charge is 0.242 e. The van der Waals surface area contributed by atoms with E-state index in [0.717, 1.165) is 5.56 Å². The molecular weight excluding hydrogens is 434 g/mol. The number of carbonyl (C=O) groups excluding carboxylic acids is 2. The summed E-state index contributed by atoms with van der Waals surface area (Å²) >= 11 is 6.12. The minimum absolute atomic E-state index is 0.0517. The van der Waals surface area contributed by atoms with Gasteiger partial charge >= 0.3 is 0 Å². The fourth-order valence-corrected chi connectivity index (χ4v) is 3.69. The summed E-state index contributed by atoms with van der Waals surface area (Å²) in [6, 6.07) is 18.3. The molecule has 1 unspecified atom stereocenters. The summed E-state index contributed by atoms with van der Waals surface area (Å²) in [5, 5.41) is 2.75. The summed E-state index contributed by atoms with van der Waals surface area (Å²) in [4.78, 5) is 27.6. The Hall–Kier alpha value is -3.25. The SMILES string of the molecule is CNC(=O)C(Cc1ccccc1)N(Cc1ccc(F)cc1)C(=O)Cc1c(F)cccc1Cl. The van der Waals surface area contributed by atoms with Gasteiger partial charge in [0.15, 0.2) is 0 Å². The van der Waals surface area contributed by atoms with E-state index in [2.05, 4.69) is 5.32 Å². The van der Waals surface area contributed by atoms with Crippen molar-refractivity contribution in [2.24, 2.45) is 0 Å². The Morgan fingerprint density at radius 1 is 0.938 bits per heavy atom. The Labute approximate surface area is 190 Å². The molecule has 0 saturated carbocycles. The minimum Gasteiger partial charge on any atom is -0.357 e. The summed E-state index contributed by atoms with van der Waals surface area (Å²) in [6.07, 6.45) is -0.0482. The Balaban J connectivity index is 1.97. The average Bonchev–Trinajstić information content (AvgIpc) is 2.80. The minimum atomic E-state index is -0.856. The van der Waals surface area contributed by atoms with Gasteiger partial charge < -0.3 is 10.2 Å². The predicted molar refractivity (Wildman–Crippen MR) is 120 cm³/mol. The summed E-state index contributed by atoms with van der Waals surface area (Å²) in [7, 11) is 1.49. The van der Waals surface area contributed by atoms with E-state index in [1.54, 1.807) is 12.1 Å². The molecule has 0 heterocycles. The number of carbonyl (C=O) groups is 2. The van der Waals surface area contributed by atoms with Crippen LogP contribution in [-0.2, 0) is 29.0 Å². The van der Waals surface area contributed by atoms with E-state index < -0.39 is 23.6 Å². The maximum absolute atomic E-state index is 14.3. The number of hydrogen-bond acceptors (Lipinski definition) is 2. The van der Waals surface area contributed by atoms with Gasteiger partial charge in [-0.1, -0.05) is 60.1 Å². The number of nitrogens with zero attached hydrogens (tertiary/aromatic N) is 1. The zero-order chi connectivity index (χ0) is 23.1. The van der Waals surface area contributed by atoms with E-state index in [4.69, 9.17) is 11.6 Å². The van der Waals surface area contributed by atoms with Crippen LogP contribution >= 0.6 is 11.6 Å². The second-order valence-corrected chi connectivity index (χ2v) is 7.75. The van der Waals surface area contributed by atoms with E-state index in [-0.39, 0.29) is 35.9 Å². The molecule has 0 saturated heterocycles. The maximum atomic E-state index is 14.3. The largest absolute Gasteiger partial charge is 0.357 e. The van der Waals surface area contributed by atoms with Crippen molar-refractivity contribution in [3.63, 3.8) is 0 Å². The van der Waals surface area contributed by atoms with Crippen LogP contribution in [0.5, 0.6) is 0 Å². The molecule has 4 nitrogen and oxygen atoms in total. The Bertz CT molecular complexity index is 1050. The number of halogens is 3. The van der Waals surface area contributed by atoms with Crippen molar-refractivity contribution in [2.75, 3.05) is 7.05 Å². The van der Waals surface area contributed by atoms with Crippen LogP contribution in [0.4, 0.5) is 8.78 Å². The zero-order valence-corrected chi connectivity index (χ0v) is 18.3. The number of rotatable bonds is 8. The van der Waals surface area contributed by atoms with Gasteiger partial charge in [0.2, 0.25) is 11.8 Å². The first-order chi connectivity index (χ1) is 15.4. The quantitative estimate of drug-likeness (QED) is 0.540. The lowest BCUT2D eigenvalue weighted by atomic mass is 10.0. The molecule has 32 heavy (non-hydrogen) atoms. The topological polar surface area (TPSA) is 49.4 Å². The number of benzene rings is 3. The Kier molecular flexibility index (Phi) is 7.95. The highest BCUT2D eigenvalue weighted by molar-refractivity contribution is 6.31. The lowest BCUT2D eigenvalue weighted by molar-refractivity contribution is -0.140. The third-order valence-corrected chi connectivity index (χ3v) is 5.53. The third-order valence-electron chi connectivity index (χ3n) is 5.17. The first-order valence-electron chi connectivity index (χ1n) is 10.1. The van der Waals surface area contributed by atoms with Gasteiger partial charge in [0, 0.05) is 30.6 Å². The summed E-state index contributed by atoms with van der Waals surface area (Å²) < 4.78 is 27.7. The van der Waals surface area contributed by atoms with Gasteiger partial charge in [-0.25, -0.2) is 8.78 Å². The Morgan fingerprint density at radius 3 is 2.25 bits per heavy atom. The van der Waals surface area contributed by atoms with Gasteiger partial charge in [0.25, 0.3) is 0 Å². The van der Waals surface area contributed by atoms with Crippen molar-refractivity contribution in [1.29, 1.82) is 0 Å². The molecule has 166 valence electrons. The van der Waals surface area contributed by atoms with Crippen LogP contribution in [0.25, 0.3) is 0 Å². The third kappa shape index (κ3) is 5.92. The fraction of sp³-hybridized carbons (Fsp3) is 0.200. The van der Waals surface area contributed by atoms with Crippen LogP contribution in [0.1, 0.15) is 16.7 Å². The average molecular weight is 457 g/mol. The standard InChI is InChI=1S/C25H23ClF2N2O2/c1-29-25(32)23(14-17-6-3-2-4-7-17)30(16-18-10-12-19(27)13-11-18)24(31)15-20-21(26)8-5-9-22(20)28/h2-13,23H,14-16H2,1H3,(H,29,32). The van der Waals surface area contributed by atoms with E-state index >= 15 is 0 Å². The van der Waals surface area contributed by atoms with Crippen molar-refractivity contribution in [3.05, 3.63) is 106 Å². The van der Waals surface area contributed by atoms with Crippen LogP contribution in [0.2, 0.25) is 5.02 Å². The van der Waals surface area contributed by atoms with Gasteiger partial charge in [-0.15, -0.1) is 0 Å². The van der Waals surface area contributed by atoms with E-state index in [1.165, 1.54) is 42.3 Å². The lowest BCUT2D eigenvalue weighted by Gasteiger charge is -2.31. The van der Waals surface area contributed by atoms with Crippen molar-refractivity contribution < 1.29 is 18.4 Å².